The third kappa shape index (κ3) is 4.60. The molecule has 2 aromatic rings. The van der Waals surface area contributed by atoms with Gasteiger partial charge in [-0.25, -0.2) is 0 Å². The van der Waals surface area contributed by atoms with Gasteiger partial charge in [0.05, 0.1) is 40.4 Å². The molecule has 2 heterocycles. The second-order valence-corrected chi connectivity index (χ2v) is 7.62. The second kappa shape index (κ2) is 9.37. The molecule has 0 aliphatic carbocycles. The van der Waals surface area contributed by atoms with E-state index in [4.69, 9.17) is 33.0 Å². The fourth-order valence-electron chi connectivity index (χ4n) is 3.67. The van der Waals surface area contributed by atoms with Crippen molar-refractivity contribution in [1.29, 1.82) is 0 Å². The highest BCUT2D eigenvalue weighted by atomic mass is 35.5. The number of hydrogen-bond acceptors (Lipinski definition) is 5. The Labute approximate surface area is 179 Å². The van der Waals surface area contributed by atoms with Crippen molar-refractivity contribution in [2.75, 3.05) is 30.8 Å². The highest BCUT2D eigenvalue weighted by Crippen LogP contribution is 2.37. The lowest BCUT2D eigenvalue weighted by molar-refractivity contribution is -0.142. The summed E-state index contributed by atoms with van der Waals surface area (Å²) < 4.78 is 4.78. The van der Waals surface area contributed by atoms with Crippen LogP contribution in [0.3, 0.4) is 0 Å². The second-order valence-electron chi connectivity index (χ2n) is 6.81. The maximum absolute atomic E-state index is 11.5. The van der Waals surface area contributed by atoms with Crippen molar-refractivity contribution in [3.63, 3.8) is 0 Å². The summed E-state index contributed by atoms with van der Waals surface area (Å²) in [5, 5.41) is 16.6. The predicted octanol–water partition coefficient (Wildman–Crippen LogP) is 4.74. The first-order valence-corrected chi connectivity index (χ1v) is 10.0. The van der Waals surface area contributed by atoms with E-state index in [1.165, 1.54) is 7.11 Å². The number of halogens is 2. The largest absolute Gasteiger partial charge is 0.481 e. The summed E-state index contributed by atoms with van der Waals surface area (Å²) in [7, 11) is 1.41. The number of carbonyl (C=O) groups excluding carboxylic acids is 1. The highest BCUT2D eigenvalue weighted by molar-refractivity contribution is 6.33. The van der Waals surface area contributed by atoms with Gasteiger partial charge in [-0.2, -0.15) is 0 Å². The molecule has 0 fully saturated rings. The third-order valence-corrected chi connectivity index (χ3v) is 5.73. The molecule has 0 amide bonds. The molecule has 0 aromatic heterocycles. The van der Waals surface area contributed by atoms with Crippen LogP contribution in [-0.4, -0.2) is 37.2 Å². The van der Waals surface area contributed by atoms with Crippen LogP contribution in [0.5, 0.6) is 0 Å². The molecule has 0 spiro atoms. The van der Waals surface area contributed by atoms with Crippen LogP contribution < -0.4 is 10.6 Å². The Balaban J connectivity index is 0.000000166. The molecule has 6 nitrogen and oxygen atoms in total. The van der Waals surface area contributed by atoms with Crippen molar-refractivity contribution >= 4 is 46.5 Å². The van der Waals surface area contributed by atoms with Crippen molar-refractivity contribution in [3.8, 4) is 0 Å². The van der Waals surface area contributed by atoms with Gasteiger partial charge < -0.3 is 20.5 Å². The molecule has 29 heavy (non-hydrogen) atoms. The molecule has 3 N–H and O–H groups in total. The van der Waals surface area contributed by atoms with Gasteiger partial charge in [-0.1, -0.05) is 47.5 Å². The van der Waals surface area contributed by atoms with Crippen LogP contribution in [-0.2, 0) is 14.3 Å². The van der Waals surface area contributed by atoms with Gasteiger partial charge in [0.2, 0.25) is 0 Å². The fraction of sp³-hybridized carbons (Fsp3) is 0.333. The number of esters is 1. The van der Waals surface area contributed by atoms with E-state index in [9.17, 15) is 9.59 Å². The number of carbonyl (C=O) groups is 2. The summed E-state index contributed by atoms with van der Waals surface area (Å²) in [6, 6.07) is 10.9. The Morgan fingerprint density at radius 3 is 1.90 bits per heavy atom. The number of rotatable bonds is 2. The van der Waals surface area contributed by atoms with Gasteiger partial charge in [0, 0.05) is 13.1 Å². The van der Waals surface area contributed by atoms with E-state index in [2.05, 4.69) is 10.6 Å². The molecule has 0 radical (unpaired) electrons. The minimum atomic E-state index is -0.782. The van der Waals surface area contributed by atoms with E-state index in [0.717, 1.165) is 35.5 Å². The van der Waals surface area contributed by atoms with Crippen LogP contribution in [0, 0.1) is 0 Å². The lowest BCUT2D eigenvalue weighted by Crippen LogP contribution is -2.24. The van der Waals surface area contributed by atoms with Crippen molar-refractivity contribution in [2.45, 2.75) is 24.7 Å². The molecule has 2 aliphatic heterocycles. The minimum absolute atomic E-state index is 0.190. The first-order chi connectivity index (χ1) is 13.9. The number of fused-ring (bicyclic) bond motifs is 2. The van der Waals surface area contributed by atoms with E-state index in [1.54, 1.807) is 12.1 Å². The minimum Gasteiger partial charge on any atom is -0.481 e. The van der Waals surface area contributed by atoms with E-state index >= 15 is 0 Å². The average molecular weight is 437 g/mol. The molecule has 0 bridgehead atoms. The zero-order chi connectivity index (χ0) is 21.0. The van der Waals surface area contributed by atoms with Gasteiger partial charge in [0.25, 0.3) is 0 Å². The van der Waals surface area contributed by atoms with Crippen molar-refractivity contribution in [3.05, 3.63) is 57.6 Å². The number of carboxylic acid groups (broad SMARTS) is 1. The van der Waals surface area contributed by atoms with Crippen molar-refractivity contribution in [2.24, 2.45) is 0 Å². The number of nitrogens with one attached hydrogen (secondary N) is 2. The number of aliphatic carboxylic acids is 1. The van der Waals surface area contributed by atoms with Crippen LogP contribution >= 0.6 is 23.2 Å². The normalized spacial score (nSPS) is 19.3. The lowest BCUT2D eigenvalue weighted by atomic mass is 9.91. The maximum Gasteiger partial charge on any atom is 0.313 e. The van der Waals surface area contributed by atoms with Crippen molar-refractivity contribution < 1.29 is 19.4 Å². The van der Waals surface area contributed by atoms with Crippen molar-refractivity contribution in [1.82, 2.24) is 0 Å². The highest BCUT2D eigenvalue weighted by Gasteiger charge is 2.28. The Bertz CT molecular complexity index is 920. The SMILES string of the molecule is COC(=O)C1CCNc2c(Cl)cccc21.O=C(O)C1CCNc2c(Cl)cccc21. The van der Waals surface area contributed by atoms with E-state index in [-0.39, 0.29) is 11.9 Å². The molecule has 8 heteroatoms. The standard InChI is InChI=1S/C11H12ClNO2.C10H10ClNO2/c1-15-11(14)8-5-6-13-10-7(8)3-2-4-9(10)12;11-8-3-1-2-6-7(10(13)14)4-5-12-9(6)8/h2-4,8,13H,5-6H2,1H3;1-3,7,12H,4-5H2,(H,13,14). The van der Waals surface area contributed by atoms with Crippen LogP contribution in [0.4, 0.5) is 11.4 Å². The number of anilines is 2. The van der Waals surface area contributed by atoms with Crippen LogP contribution in [0.25, 0.3) is 0 Å². The summed E-state index contributed by atoms with van der Waals surface area (Å²) in [6.45, 7) is 1.41. The molecule has 0 saturated carbocycles. The number of methoxy groups -OCH3 is 1. The van der Waals surface area contributed by atoms with Crippen LogP contribution in [0.2, 0.25) is 10.0 Å². The van der Waals surface area contributed by atoms with Gasteiger partial charge >= 0.3 is 11.9 Å². The fourth-order valence-corrected chi connectivity index (χ4v) is 4.17. The molecule has 0 saturated heterocycles. The maximum atomic E-state index is 11.5. The molecule has 2 aliphatic rings. The molecule has 154 valence electrons. The molecular weight excluding hydrogens is 415 g/mol. The molecule has 2 unspecified atom stereocenters. The molecule has 2 atom stereocenters. The first-order valence-electron chi connectivity index (χ1n) is 9.29. The molecular formula is C21H22Cl2N2O4. The number of hydrogen-bond donors (Lipinski definition) is 3. The Hall–Kier alpha value is -2.44. The average Bonchev–Trinajstić information content (AvgIpc) is 2.73. The van der Waals surface area contributed by atoms with E-state index < -0.39 is 11.9 Å². The first kappa shape index (κ1) is 21.3. The van der Waals surface area contributed by atoms with E-state index in [1.807, 2.05) is 24.3 Å². The molecule has 2 aromatic carbocycles. The van der Waals surface area contributed by atoms with Gasteiger partial charge in [-0.15, -0.1) is 0 Å². The smallest absolute Gasteiger partial charge is 0.313 e. The Kier molecular flexibility index (Phi) is 6.87. The number of para-hydroxylation sites is 2. The quantitative estimate of drug-likeness (QED) is 0.589. The summed E-state index contributed by atoms with van der Waals surface area (Å²) in [5.74, 6) is -1.59. The van der Waals surface area contributed by atoms with Gasteiger partial charge in [0.15, 0.2) is 0 Å². The van der Waals surface area contributed by atoms with Crippen LogP contribution in [0.1, 0.15) is 35.8 Å². The van der Waals surface area contributed by atoms with Gasteiger partial charge in [0.1, 0.15) is 0 Å². The Morgan fingerprint density at radius 2 is 1.41 bits per heavy atom. The van der Waals surface area contributed by atoms with Crippen LogP contribution in [0.15, 0.2) is 36.4 Å². The summed E-state index contributed by atoms with van der Waals surface area (Å²) >= 11 is 12.0. The van der Waals surface area contributed by atoms with Gasteiger partial charge in [-0.05, 0) is 36.1 Å². The van der Waals surface area contributed by atoms with E-state index in [0.29, 0.717) is 23.0 Å². The number of ether oxygens (including phenoxy) is 1. The topological polar surface area (TPSA) is 87.7 Å². The third-order valence-electron chi connectivity index (χ3n) is 5.10. The van der Waals surface area contributed by atoms with Gasteiger partial charge in [-0.3, -0.25) is 9.59 Å². The number of carboxylic acids is 1. The zero-order valence-corrected chi connectivity index (χ0v) is 17.4. The predicted molar refractivity (Wildman–Crippen MR) is 114 cm³/mol. The lowest BCUT2D eigenvalue weighted by Gasteiger charge is -2.25. The summed E-state index contributed by atoms with van der Waals surface area (Å²) in [5.41, 5.74) is 3.35. The monoisotopic (exact) mass is 436 g/mol. The number of benzene rings is 2. The molecule has 4 rings (SSSR count). The summed E-state index contributed by atoms with van der Waals surface area (Å²) in [4.78, 5) is 22.5. The Morgan fingerprint density at radius 1 is 0.931 bits per heavy atom. The summed E-state index contributed by atoms with van der Waals surface area (Å²) in [6.07, 6.45) is 1.36. The zero-order valence-electron chi connectivity index (χ0n) is 15.9.